The Morgan fingerprint density at radius 1 is 1.24 bits per heavy atom. The number of fused-ring (bicyclic) bond motifs is 1. The van der Waals surface area contributed by atoms with E-state index in [2.05, 4.69) is 48.3 Å². The molecule has 2 aromatic heterocycles. The fraction of sp³-hybridized carbons (Fsp3) is 0.353. The first-order valence-electron chi connectivity index (χ1n) is 8.15. The number of benzene rings is 1. The van der Waals surface area contributed by atoms with Crippen LogP contribution >= 0.6 is 15.9 Å². The number of nitrogen functional groups attached to an aromatic ring is 1. The van der Waals surface area contributed by atoms with Crippen LogP contribution in [0.15, 0.2) is 35.1 Å². The van der Waals surface area contributed by atoms with Gasteiger partial charge in [0.05, 0.1) is 6.54 Å². The Labute approximate surface area is 153 Å². The molecule has 3 rings (SSSR count). The first kappa shape index (κ1) is 17.6. The van der Waals surface area contributed by atoms with Gasteiger partial charge in [-0.1, -0.05) is 30.3 Å². The summed E-state index contributed by atoms with van der Waals surface area (Å²) >= 11 is 3.33. The van der Waals surface area contributed by atoms with E-state index in [9.17, 15) is 4.39 Å². The second-order valence-corrected chi connectivity index (χ2v) is 6.60. The molecule has 132 valence electrons. The van der Waals surface area contributed by atoms with Crippen LogP contribution in [0.25, 0.3) is 11.2 Å². The summed E-state index contributed by atoms with van der Waals surface area (Å²) in [5, 5.41) is 3.19. The maximum absolute atomic E-state index is 13.4. The smallest absolute Gasteiger partial charge is 0.226 e. The van der Waals surface area contributed by atoms with Gasteiger partial charge in [-0.05, 0) is 41.3 Å². The number of hydrogen-bond donors (Lipinski definition) is 2. The normalized spacial score (nSPS) is 12.4. The Bertz CT molecular complexity index is 849. The monoisotopic (exact) mass is 406 g/mol. The van der Waals surface area contributed by atoms with Crippen molar-refractivity contribution in [2.75, 3.05) is 17.6 Å². The van der Waals surface area contributed by atoms with Crippen LogP contribution in [0.5, 0.6) is 0 Å². The third-order valence-electron chi connectivity index (χ3n) is 3.78. The number of nitrogens with one attached hydrogen (secondary N) is 1. The summed E-state index contributed by atoms with van der Waals surface area (Å²) in [6, 6.07) is 10.3. The first-order chi connectivity index (χ1) is 12.0. The van der Waals surface area contributed by atoms with Gasteiger partial charge < -0.3 is 15.6 Å². The fourth-order valence-electron chi connectivity index (χ4n) is 2.63. The van der Waals surface area contributed by atoms with Crippen molar-refractivity contribution >= 4 is 38.9 Å². The molecule has 0 saturated heterocycles. The molecule has 1 unspecified atom stereocenters. The van der Waals surface area contributed by atoms with E-state index in [0.29, 0.717) is 28.4 Å². The molecule has 2 heterocycles. The van der Waals surface area contributed by atoms with Gasteiger partial charge in [0.2, 0.25) is 5.95 Å². The molecule has 8 heteroatoms. The Balaban J connectivity index is 1.71. The van der Waals surface area contributed by atoms with Crippen LogP contribution in [-0.4, -0.2) is 32.2 Å². The predicted molar refractivity (Wildman–Crippen MR) is 101 cm³/mol. The van der Waals surface area contributed by atoms with Crippen molar-refractivity contribution in [1.82, 2.24) is 19.5 Å². The number of halogens is 2. The second-order valence-electron chi connectivity index (χ2n) is 5.89. The number of imidazole rings is 1. The van der Waals surface area contributed by atoms with E-state index in [1.54, 1.807) is 4.57 Å². The summed E-state index contributed by atoms with van der Waals surface area (Å²) in [6.45, 7) is 2.36. The molecule has 0 aliphatic carbocycles. The van der Waals surface area contributed by atoms with Crippen LogP contribution in [0.4, 0.5) is 16.2 Å². The topological polar surface area (TPSA) is 81.7 Å². The minimum absolute atomic E-state index is 0.154. The molecule has 0 fully saturated rings. The quantitative estimate of drug-likeness (QED) is 0.462. The summed E-state index contributed by atoms with van der Waals surface area (Å²) in [4.78, 5) is 13.0. The van der Waals surface area contributed by atoms with Crippen molar-refractivity contribution in [3.8, 4) is 0 Å². The van der Waals surface area contributed by atoms with Crippen molar-refractivity contribution < 1.29 is 4.39 Å². The van der Waals surface area contributed by atoms with Gasteiger partial charge in [0, 0.05) is 6.54 Å². The average molecular weight is 407 g/mol. The molecule has 1 aromatic carbocycles. The van der Waals surface area contributed by atoms with Crippen LogP contribution in [0.3, 0.4) is 0 Å². The van der Waals surface area contributed by atoms with Crippen LogP contribution in [0.2, 0.25) is 0 Å². The molecular weight excluding hydrogens is 387 g/mol. The van der Waals surface area contributed by atoms with E-state index >= 15 is 0 Å². The van der Waals surface area contributed by atoms with E-state index < -0.39 is 6.17 Å². The number of nitrogens with two attached hydrogens (primary N) is 1. The molecule has 0 spiro atoms. The lowest BCUT2D eigenvalue weighted by Gasteiger charge is -2.09. The zero-order chi connectivity index (χ0) is 17.8. The van der Waals surface area contributed by atoms with Crippen molar-refractivity contribution in [2.45, 2.75) is 32.5 Å². The third-order valence-corrected chi connectivity index (χ3v) is 4.38. The predicted octanol–water partition coefficient (Wildman–Crippen LogP) is 3.57. The SMILES string of the molecule is CC(F)Cn1c(Br)nc2c(N)nc(NCCCc3ccccc3)nc21. The summed E-state index contributed by atoms with van der Waals surface area (Å²) < 4.78 is 15.6. The van der Waals surface area contributed by atoms with E-state index in [1.807, 2.05) is 18.2 Å². The van der Waals surface area contributed by atoms with Crippen molar-refractivity contribution in [1.29, 1.82) is 0 Å². The number of rotatable bonds is 7. The van der Waals surface area contributed by atoms with Crippen LogP contribution < -0.4 is 11.1 Å². The molecule has 0 saturated carbocycles. The molecule has 1 atom stereocenters. The summed E-state index contributed by atoms with van der Waals surface area (Å²) in [5.41, 5.74) is 8.27. The largest absolute Gasteiger partial charge is 0.382 e. The van der Waals surface area contributed by atoms with Gasteiger partial charge in [-0.3, -0.25) is 0 Å². The molecule has 6 nitrogen and oxygen atoms in total. The standard InChI is InChI=1S/C17H20BrFN6/c1-11(19)10-25-15-13(22-16(25)18)14(20)23-17(24-15)21-9-5-8-12-6-3-2-4-7-12/h2-4,6-7,11H,5,8-10H2,1H3,(H3,20,21,23,24). The van der Waals surface area contributed by atoms with E-state index in [-0.39, 0.29) is 12.4 Å². The lowest BCUT2D eigenvalue weighted by atomic mass is 10.1. The zero-order valence-corrected chi connectivity index (χ0v) is 15.5. The Kier molecular flexibility index (Phi) is 5.47. The maximum Gasteiger partial charge on any atom is 0.226 e. The van der Waals surface area contributed by atoms with Crippen molar-refractivity contribution in [2.24, 2.45) is 0 Å². The van der Waals surface area contributed by atoms with E-state index in [4.69, 9.17) is 5.73 Å². The number of nitrogens with zero attached hydrogens (tertiary/aromatic N) is 4. The minimum Gasteiger partial charge on any atom is -0.382 e. The van der Waals surface area contributed by atoms with Crippen molar-refractivity contribution in [3.05, 3.63) is 40.6 Å². The number of alkyl halides is 1. The minimum atomic E-state index is -1.02. The first-order valence-corrected chi connectivity index (χ1v) is 8.95. The number of anilines is 2. The maximum atomic E-state index is 13.4. The van der Waals surface area contributed by atoms with Gasteiger partial charge in [-0.25, -0.2) is 9.37 Å². The highest BCUT2D eigenvalue weighted by Gasteiger charge is 2.16. The lowest BCUT2D eigenvalue weighted by molar-refractivity contribution is 0.321. The molecule has 0 amide bonds. The van der Waals surface area contributed by atoms with Gasteiger partial charge in [0.15, 0.2) is 21.7 Å². The third kappa shape index (κ3) is 4.25. The lowest BCUT2D eigenvalue weighted by Crippen LogP contribution is -2.11. The number of aromatic nitrogens is 4. The molecule has 0 aliphatic heterocycles. The Morgan fingerprint density at radius 2 is 2.00 bits per heavy atom. The Morgan fingerprint density at radius 3 is 2.72 bits per heavy atom. The molecule has 3 aromatic rings. The molecular formula is C17H20BrFN6. The summed E-state index contributed by atoms with van der Waals surface area (Å²) in [5.74, 6) is 0.708. The molecule has 25 heavy (non-hydrogen) atoms. The summed E-state index contributed by atoms with van der Waals surface area (Å²) in [6.07, 6.45) is 0.886. The number of hydrogen-bond acceptors (Lipinski definition) is 5. The average Bonchev–Trinajstić information content (AvgIpc) is 2.89. The van der Waals surface area contributed by atoms with Gasteiger partial charge in [-0.15, -0.1) is 0 Å². The van der Waals surface area contributed by atoms with Crippen LogP contribution in [-0.2, 0) is 13.0 Å². The van der Waals surface area contributed by atoms with Crippen LogP contribution in [0.1, 0.15) is 18.9 Å². The van der Waals surface area contributed by atoms with Crippen LogP contribution in [0, 0.1) is 0 Å². The molecule has 0 radical (unpaired) electrons. The molecule has 0 bridgehead atoms. The Hall–Kier alpha value is -2.22. The zero-order valence-electron chi connectivity index (χ0n) is 13.9. The van der Waals surface area contributed by atoms with E-state index in [0.717, 1.165) is 12.8 Å². The van der Waals surface area contributed by atoms with Gasteiger partial charge in [-0.2, -0.15) is 9.97 Å². The second kappa shape index (κ2) is 7.77. The molecule has 0 aliphatic rings. The highest BCUT2D eigenvalue weighted by Crippen LogP contribution is 2.24. The van der Waals surface area contributed by atoms with Gasteiger partial charge in [0.25, 0.3) is 0 Å². The fourth-order valence-corrected chi connectivity index (χ4v) is 3.12. The van der Waals surface area contributed by atoms with E-state index in [1.165, 1.54) is 12.5 Å². The van der Waals surface area contributed by atoms with Gasteiger partial charge >= 0.3 is 0 Å². The highest BCUT2D eigenvalue weighted by atomic mass is 79.9. The van der Waals surface area contributed by atoms with Crippen molar-refractivity contribution in [3.63, 3.8) is 0 Å². The van der Waals surface area contributed by atoms with Gasteiger partial charge in [0.1, 0.15) is 6.17 Å². The highest BCUT2D eigenvalue weighted by molar-refractivity contribution is 9.10. The number of aryl methyl sites for hydroxylation is 1. The molecule has 3 N–H and O–H groups in total. The summed E-state index contributed by atoms with van der Waals surface area (Å²) in [7, 11) is 0.